The van der Waals surface area contributed by atoms with Crippen molar-refractivity contribution in [3.63, 3.8) is 0 Å². The van der Waals surface area contributed by atoms with Crippen molar-refractivity contribution in [1.29, 1.82) is 0 Å². The minimum atomic E-state index is 0. The van der Waals surface area contributed by atoms with Gasteiger partial charge in [0.15, 0.2) is 0 Å². The van der Waals surface area contributed by atoms with Crippen LogP contribution in [0.15, 0.2) is 0 Å². The molecule has 0 bridgehead atoms. The average Bonchev–Trinajstić information content (AvgIpc) is 0.918. The van der Waals surface area contributed by atoms with Gasteiger partial charge in [-0.1, -0.05) is 13.1 Å². The Morgan fingerprint density at radius 3 is 1.25 bits per heavy atom. The number of hydrogen-bond donors (Lipinski definition) is 0. The summed E-state index contributed by atoms with van der Waals surface area (Å²) in [5.74, 6) is 0. The van der Waals surface area contributed by atoms with E-state index in [-0.39, 0.29) is 51.4 Å². The van der Waals surface area contributed by atoms with E-state index in [4.69, 9.17) is 0 Å². The average molecular weight is 99.3 g/mol. The van der Waals surface area contributed by atoms with Gasteiger partial charge in [-0.05, 0) is 0 Å². The van der Waals surface area contributed by atoms with E-state index in [1.807, 2.05) is 0 Å². The molecule has 0 aliphatic rings. The normalized spacial score (nSPS) is 4.50. The molecule has 0 aliphatic carbocycles. The second kappa shape index (κ2) is 8.85. The molecule has 0 aliphatic heterocycles. The maximum atomic E-state index is 2.26. The second-order valence-corrected chi connectivity index (χ2v) is 2.12. The topological polar surface area (TPSA) is 0 Å². The Morgan fingerprint density at radius 2 is 1.25 bits per heavy atom. The Balaban J connectivity index is 0. The minimum absolute atomic E-state index is 0. The Morgan fingerprint density at radius 1 is 1.25 bits per heavy atom. The summed E-state index contributed by atoms with van der Waals surface area (Å²) in [6.07, 6.45) is 0. The van der Waals surface area contributed by atoms with Gasteiger partial charge in [0.2, 0.25) is 0 Å². The molecule has 0 fully saturated rings. The van der Waals surface area contributed by atoms with E-state index < -0.39 is 0 Å². The molecule has 0 aromatic heterocycles. The van der Waals surface area contributed by atoms with Crippen LogP contribution in [0, 0.1) is 0 Å². The molecular weight excluding hydrogens is 91.2 g/mol. The third-order valence-corrected chi connectivity index (χ3v) is 0. The van der Waals surface area contributed by atoms with Crippen molar-refractivity contribution in [3.05, 3.63) is 0 Å². The summed E-state index contributed by atoms with van der Waals surface area (Å²) in [5.41, 5.74) is 0. The summed E-state index contributed by atoms with van der Waals surface area (Å²) in [5, 5.41) is 0. The van der Waals surface area contributed by atoms with Crippen molar-refractivity contribution in [2.75, 3.05) is 0 Å². The molecule has 0 amide bonds. The van der Waals surface area contributed by atoms with Crippen molar-refractivity contribution >= 4 is 60.9 Å². The SMILES string of the molecule is C[SiH2]C.[K]. The molecule has 0 aromatic carbocycles. The predicted molar refractivity (Wildman–Crippen MR) is 26.0 cm³/mol. The van der Waals surface area contributed by atoms with Crippen molar-refractivity contribution in [1.82, 2.24) is 0 Å². The van der Waals surface area contributed by atoms with Gasteiger partial charge >= 0.3 is 0 Å². The Labute approximate surface area is 72.6 Å². The molecule has 0 saturated carbocycles. The van der Waals surface area contributed by atoms with Gasteiger partial charge < -0.3 is 0 Å². The third kappa shape index (κ3) is 9.13. The van der Waals surface area contributed by atoms with Gasteiger partial charge in [0.05, 0.1) is 0 Å². The van der Waals surface area contributed by atoms with Crippen molar-refractivity contribution < 1.29 is 0 Å². The summed E-state index contributed by atoms with van der Waals surface area (Å²) in [7, 11) is 0.417. The van der Waals surface area contributed by atoms with Crippen LogP contribution in [0.4, 0.5) is 0 Å². The Kier molecular flexibility index (Phi) is 20.5. The molecule has 0 rings (SSSR count). The zero-order valence-electron chi connectivity index (χ0n) is 3.71. The zero-order chi connectivity index (χ0) is 2.71. The molecule has 0 unspecified atom stereocenters. The van der Waals surface area contributed by atoms with Crippen LogP contribution in [-0.4, -0.2) is 60.9 Å². The summed E-state index contributed by atoms with van der Waals surface area (Å²) in [6, 6.07) is 0. The Hall–Kier alpha value is 1.85. The molecule has 0 heterocycles. The van der Waals surface area contributed by atoms with Crippen LogP contribution in [0.25, 0.3) is 0 Å². The largest absolute Gasteiger partial charge is 0.0750 e. The van der Waals surface area contributed by atoms with Crippen LogP contribution >= 0.6 is 0 Å². The van der Waals surface area contributed by atoms with E-state index in [0.717, 1.165) is 0 Å². The summed E-state index contributed by atoms with van der Waals surface area (Å²) in [6.45, 7) is 4.53. The zero-order valence-corrected chi connectivity index (χ0v) is 8.24. The van der Waals surface area contributed by atoms with E-state index in [0.29, 0.717) is 9.52 Å². The van der Waals surface area contributed by atoms with Crippen LogP contribution in [0.2, 0.25) is 13.1 Å². The number of rotatable bonds is 0. The van der Waals surface area contributed by atoms with E-state index in [1.54, 1.807) is 0 Å². The molecule has 0 atom stereocenters. The van der Waals surface area contributed by atoms with Gasteiger partial charge in [0.25, 0.3) is 0 Å². The molecule has 0 spiro atoms. The molecule has 21 valence electrons. The first kappa shape index (κ1) is 9.29. The van der Waals surface area contributed by atoms with E-state index in [9.17, 15) is 0 Å². The van der Waals surface area contributed by atoms with Gasteiger partial charge in [0, 0.05) is 60.9 Å². The first-order valence-electron chi connectivity index (χ1n) is 1.41. The molecule has 0 nitrogen and oxygen atoms in total. The summed E-state index contributed by atoms with van der Waals surface area (Å²) in [4.78, 5) is 0. The van der Waals surface area contributed by atoms with Gasteiger partial charge in [-0.2, -0.15) is 0 Å². The Bertz CT molecular complexity index is 6.00. The van der Waals surface area contributed by atoms with Crippen LogP contribution < -0.4 is 0 Å². The van der Waals surface area contributed by atoms with Crippen LogP contribution in [-0.2, 0) is 0 Å². The van der Waals surface area contributed by atoms with Crippen molar-refractivity contribution in [3.8, 4) is 0 Å². The van der Waals surface area contributed by atoms with E-state index >= 15 is 0 Å². The fourth-order valence-electron chi connectivity index (χ4n) is 0. The van der Waals surface area contributed by atoms with Gasteiger partial charge in [-0.3, -0.25) is 0 Å². The maximum absolute atomic E-state index is 2.26. The van der Waals surface area contributed by atoms with E-state index in [2.05, 4.69) is 13.1 Å². The third-order valence-electron chi connectivity index (χ3n) is 0. The predicted octanol–water partition coefficient (Wildman–Crippen LogP) is -0.129. The second-order valence-electron chi connectivity index (χ2n) is 0.707. The quantitative estimate of drug-likeness (QED) is 0.371. The van der Waals surface area contributed by atoms with Crippen molar-refractivity contribution in [2.45, 2.75) is 13.1 Å². The van der Waals surface area contributed by atoms with Gasteiger partial charge in [-0.25, -0.2) is 0 Å². The fraction of sp³-hybridized carbons (Fsp3) is 1.00. The molecule has 0 saturated heterocycles. The van der Waals surface area contributed by atoms with Crippen LogP contribution in [0.3, 0.4) is 0 Å². The minimum Gasteiger partial charge on any atom is -0.0750 e. The molecule has 2 heteroatoms. The molecule has 0 aromatic rings. The summed E-state index contributed by atoms with van der Waals surface area (Å²) >= 11 is 0. The molecule has 1 radical (unpaired) electrons. The van der Waals surface area contributed by atoms with Crippen LogP contribution in [0.5, 0.6) is 0 Å². The molecular formula is C2H8KSi. The van der Waals surface area contributed by atoms with E-state index in [1.165, 1.54) is 0 Å². The standard InChI is InChI=1S/C2H8Si.K/c1-3-2;/h3H2,1-2H3;. The monoisotopic (exact) mass is 99.0 g/mol. The smallest absolute Gasteiger partial charge is 0.0135 e. The van der Waals surface area contributed by atoms with Crippen molar-refractivity contribution in [2.24, 2.45) is 0 Å². The van der Waals surface area contributed by atoms with Crippen LogP contribution in [0.1, 0.15) is 0 Å². The summed E-state index contributed by atoms with van der Waals surface area (Å²) < 4.78 is 0. The van der Waals surface area contributed by atoms with Gasteiger partial charge in [0.1, 0.15) is 0 Å². The first-order chi connectivity index (χ1) is 1.41. The molecule has 4 heavy (non-hydrogen) atoms. The maximum Gasteiger partial charge on any atom is 0.0135 e. The fourth-order valence-corrected chi connectivity index (χ4v) is 0. The van der Waals surface area contributed by atoms with Gasteiger partial charge in [-0.15, -0.1) is 0 Å². The molecule has 0 N–H and O–H groups in total. The number of hydrogen-bond acceptors (Lipinski definition) is 0. The first-order valence-corrected chi connectivity index (χ1v) is 4.24.